The molecule has 14 heteroatoms. The molecular formula is C18H27ClF3N7O2S. The monoisotopic (exact) mass is 497 g/mol. The van der Waals surface area contributed by atoms with E-state index in [2.05, 4.69) is 15.1 Å². The number of aromatic nitrogens is 4. The largest absolute Gasteiger partial charge is 0.367 e. The first-order chi connectivity index (χ1) is 15.0. The first-order valence-electron chi connectivity index (χ1n) is 10.3. The Morgan fingerprint density at radius 3 is 2.50 bits per heavy atom. The van der Waals surface area contributed by atoms with Crippen molar-refractivity contribution in [1.82, 2.24) is 28.8 Å². The lowest BCUT2D eigenvalue weighted by molar-refractivity contribution is 0.0748. The van der Waals surface area contributed by atoms with Gasteiger partial charge in [-0.05, 0) is 38.8 Å². The molecule has 32 heavy (non-hydrogen) atoms. The molecule has 4 rings (SSSR count). The van der Waals surface area contributed by atoms with E-state index in [0.29, 0.717) is 43.1 Å². The van der Waals surface area contributed by atoms with E-state index < -0.39 is 22.6 Å². The number of fused-ring (bicyclic) bond motifs is 1. The molecule has 2 aromatic rings. The highest BCUT2D eigenvalue weighted by Gasteiger charge is 2.27. The number of rotatable bonds is 4. The van der Waals surface area contributed by atoms with Crippen LogP contribution in [-0.4, -0.2) is 88.8 Å². The van der Waals surface area contributed by atoms with Crippen molar-refractivity contribution in [3.8, 4) is 0 Å². The van der Waals surface area contributed by atoms with Crippen LogP contribution in [0.15, 0.2) is 6.20 Å². The molecule has 2 fully saturated rings. The Kier molecular flexibility index (Phi) is 8.17. The number of imidazole rings is 1. The third-order valence-corrected chi connectivity index (χ3v) is 7.08. The molecular weight excluding hydrogens is 471 g/mol. The van der Waals surface area contributed by atoms with E-state index in [1.807, 2.05) is 0 Å². The van der Waals surface area contributed by atoms with Gasteiger partial charge in [-0.2, -0.15) is 4.31 Å². The maximum atomic E-state index is 12.7. The molecule has 0 saturated carbocycles. The molecule has 2 aliphatic heterocycles. The number of hydrogen-bond donors (Lipinski definition) is 1. The first-order valence-corrected chi connectivity index (χ1v) is 12.5. The minimum atomic E-state index is -3.17. The summed E-state index contributed by atoms with van der Waals surface area (Å²) in [4.78, 5) is 10.0. The fourth-order valence-electron chi connectivity index (χ4n) is 3.91. The molecule has 0 spiro atoms. The number of nitrogen functional groups attached to an aromatic ring is 1. The number of anilines is 1. The summed E-state index contributed by atoms with van der Waals surface area (Å²) < 4.78 is 62.0. The number of alkyl halides is 3. The van der Waals surface area contributed by atoms with Crippen LogP contribution in [0.25, 0.3) is 5.52 Å². The fourth-order valence-corrected chi connectivity index (χ4v) is 5.02. The highest BCUT2D eigenvalue weighted by Crippen LogP contribution is 2.30. The van der Waals surface area contributed by atoms with E-state index in [-0.39, 0.29) is 25.0 Å². The van der Waals surface area contributed by atoms with Gasteiger partial charge in [-0.1, -0.05) is 11.6 Å². The summed E-state index contributed by atoms with van der Waals surface area (Å²) in [6.45, 7) is 1.56. The SMILES string of the molecule is CS(=O)(=O)N1CCCC(F)C1.Nc1ncc2c(Cl)nc(C3CCN(CC(F)F)CC3)n2n1. The average molecular weight is 498 g/mol. The molecule has 2 aliphatic rings. The molecule has 0 aromatic carbocycles. The topological polar surface area (TPSA) is 110 Å². The van der Waals surface area contributed by atoms with Gasteiger partial charge in [0.1, 0.15) is 17.5 Å². The van der Waals surface area contributed by atoms with Crippen LogP contribution >= 0.6 is 11.6 Å². The van der Waals surface area contributed by atoms with Gasteiger partial charge in [0.15, 0.2) is 5.15 Å². The Morgan fingerprint density at radius 2 is 1.94 bits per heavy atom. The molecule has 180 valence electrons. The van der Waals surface area contributed by atoms with Gasteiger partial charge in [-0.3, -0.25) is 4.90 Å². The summed E-state index contributed by atoms with van der Waals surface area (Å²) in [5, 5.41) is 4.48. The second kappa shape index (κ2) is 10.5. The van der Waals surface area contributed by atoms with E-state index in [9.17, 15) is 21.6 Å². The molecule has 2 saturated heterocycles. The van der Waals surface area contributed by atoms with Crippen LogP contribution in [0, 0.1) is 0 Å². The van der Waals surface area contributed by atoms with Crippen LogP contribution < -0.4 is 5.73 Å². The van der Waals surface area contributed by atoms with E-state index in [1.54, 1.807) is 9.42 Å². The van der Waals surface area contributed by atoms with Crippen LogP contribution in [0.2, 0.25) is 5.15 Å². The molecule has 2 N–H and O–H groups in total. The van der Waals surface area contributed by atoms with Gasteiger partial charge >= 0.3 is 0 Å². The highest BCUT2D eigenvalue weighted by molar-refractivity contribution is 7.88. The van der Waals surface area contributed by atoms with Crippen molar-refractivity contribution < 1.29 is 21.6 Å². The van der Waals surface area contributed by atoms with Gasteiger partial charge < -0.3 is 5.73 Å². The summed E-state index contributed by atoms with van der Waals surface area (Å²) in [6, 6.07) is 0. The summed E-state index contributed by atoms with van der Waals surface area (Å²) in [5.41, 5.74) is 6.21. The van der Waals surface area contributed by atoms with Crippen molar-refractivity contribution in [3.05, 3.63) is 17.2 Å². The van der Waals surface area contributed by atoms with Crippen molar-refractivity contribution in [2.45, 2.75) is 44.2 Å². The number of nitrogens with two attached hydrogens (primary N) is 1. The van der Waals surface area contributed by atoms with Crippen molar-refractivity contribution in [3.63, 3.8) is 0 Å². The molecule has 0 amide bonds. The Hall–Kier alpha value is -1.70. The lowest BCUT2D eigenvalue weighted by Gasteiger charge is -2.30. The number of nitrogens with zero attached hydrogens (tertiary/aromatic N) is 6. The maximum absolute atomic E-state index is 12.7. The zero-order valence-electron chi connectivity index (χ0n) is 17.7. The fraction of sp³-hybridized carbons (Fsp3) is 0.722. The first kappa shape index (κ1) is 24.9. The minimum Gasteiger partial charge on any atom is -0.367 e. The van der Waals surface area contributed by atoms with E-state index >= 15 is 0 Å². The molecule has 1 atom stereocenters. The molecule has 0 radical (unpaired) electrons. The predicted molar refractivity (Wildman–Crippen MR) is 115 cm³/mol. The van der Waals surface area contributed by atoms with Gasteiger partial charge in [0.25, 0.3) is 6.43 Å². The zero-order chi connectivity index (χ0) is 23.5. The van der Waals surface area contributed by atoms with E-state index in [4.69, 9.17) is 17.3 Å². The van der Waals surface area contributed by atoms with E-state index in [0.717, 1.165) is 24.9 Å². The number of sulfonamides is 1. The second-order valence-electron chi connectivity index (χ2n) is 8.00. The summed E-state index contributed by atoms with van der Waals surface area (Å²) in [7, 11) is -3.17. The third-order valence-electron chi connectivity index (χ3n) is 5.54. The Balaban J connectivity index is 0.000000222. The smallest absolute Gasteiger partial charge is 0.251 e. The third kappa shape index (κ3) is 6.42. The molecule has 2 aromatic heterocycles. The van der Waals surface area contributed by atoms with Crippen LogP contribution in [0.3, 0.4) is 0 Å². The number of piperidine rings is 2. The quantitative estimate of drug-likeness (QED) is 0.689. The zero-order valence-corrected chi connectivity index (χ0v) is 19.2. The van der Waals surface area contributed by atoms with Crippen LogP contribution in [-0.2, 0) is 10.0 Å². The van der Waals surface area contributed by atoms with Crippen LogP contribution in [0.5, 0.6) is 0 Å². The second-order valence-corrected chi connectivity index (χ2v) is 10.3. The van der Waals surface area contributed by atoms with Crippen molar-refractivity contribution in [1.29, 1.82) is 0 Å². The lowest BCUT2D eigenvalue weighted by atomic mass is 9.96. The normalized spacial score (nSPS) is 21.6. The van der Waals surface area contributed by atoms with Gasteiger partial charge in [0, 0.05) is 19.0 Å². The maximum Gasteiger partial charge on any atom is 0.251 e. The predicted octanol–water partition coefficient (Wildman–Crippen LogP) is 2.18. The van der Waals surface area contributed by atoms with Crippen molar-refractivity contribution in [2.75, 3.05) is 44.7 Å². The molecule has 1 unspecified atom stereocenters. The summed E-state index contributed by atoms with van der Waals surface area (Å²) in [5.74, 6) is 1.00. The number of halogens is 4. The van der Waals surface area contributed by atoms with Gasteiger partial charge in [0.05, 0.1) is 19.0 Å². The molecule has 9 nitrogen and oxygen atoms in total. The lowest BCUT2D eigenvalue weighted by Crippen LogP contribution is -2.39. The van der Waals surface area contributed by atoms with Gasteiger partial charge in [-0.25, -0.2) is 36.1 Å². The van der Waals surface area contributed by atoms with Crippen molar-refractivity contribution in [2.24, 2.45) is 0 Å². The Bertz CT molecular complexity index is 1020. The molecule has 0 bridgehead atoms. The Morgan fingerprint density at radius 1 is 1.25 bits per heavy atom. The number of hydrogen-bond acceptors (Lipinski definition) is 7. The van der Waals surface area contributed by atoms with Crippen LogP contribution in [0.4, 0.5) is 19.1 Å². The average Bonchev–Trinajstić information content (AvgIpc) is 3.04. The summed E-state index contributed by atoms with van der Waals surface area (Å²) in [6.07, 6.45) is 1.99. The van der Waals surface area contributed by atoms with Gasteiger partial charge in [0.2, 0.25) is 16.0 Å². The molecule has 4 heterocycles. The summed E-state index contributed by atoms with van der Waals surface area (Å²) >= 11 is 6.08. The minimum absolute atomic E-state index is 0.0405. The highest BCUT2D eigenvalue weighted by atomic mass is 35.5. The van der Waals surface area contributed by atoms with Crippen LogP contribution in [0.1, 0.15) is 37.4 Å². The van der Waals surface area contributed by atoms with Gasteiger partial charge in [-0.15, -0.1) is 5.10 Å². The standard InChI is InChI=1S/C12H15ClF2N6.C6H12FNO2S/c13-10-8-5-17-12(16)19-21(8)11(18-10)7-1-3-20(4-2-7)6-9(14)15;1-11(9,10)8-4-2-3-6(7)5-8/h5,7,9H,1-4,6H2,(H2,16,19);6H,2-5H2,1H3. The van der Waals surface area contributed by atoms with Crippen molar-refractivity contribution >= 4 is 33.1 Å². The molecule has 0 aliphatic carbocycles. The number of likely N-dealkylation sites (tertiary alicyclic amines) is 1. The van der Waals surface area contributed by atoms with E-state index in [1.165, 1.54) is 10.5 Å². The Labute approximate surface area is 189 Å².